The third kappa shape index (κ3) is 4.05. The fraction of sp³-hybridized carbons (Fsp3) is 0.240. The predicted octanol–water partition coefficient (Wildman–Crippen LogP) is 5.68. The second-order valence-electron chi connectivity index (χ2n) is 8.56. The van der Waals surface area contributed by atoms with Gasteiger partial charge in [0.25, 0.3) is 11.8 Å². The largest absolute Gasteiger partial charge is 0.363 e. The number of hydrogen-bond acceptors (Lipinski definition) is 4. The van der Waals surface area contributed by atoms with Gasteiger partial charge in [0.15, 0.2) is 0 Å². The lowest BCUT2D eigenvalue weighted by molar-refractivity contribution is -0.122. The molecule has 0 spiro atoms. The van der Waals surface area contributed by atoms with Crippen molar-refractivity contribution in [1.82, 2.24) is 5.32 Å². The number of rotatable bonds is 3. The molecular weight excluding hydrogens is 461 g/mol. The van der Waals surface area contributed by atoms with Crippen LogP contribution in [0.2, 0.25) is 10.0 Å². The Hall–Kier alpha value is -3.09. The van der Waals surface area contributed by atoms with Gasteiger partial charge in [-0.1, -0.05) is 35.3 Å². The van der Waals surface area contributed by atoms with Crippen molar-refractivity contribution >= 4 is 64.1 Å². The van der Waals surface area contributed by atoms with Crippen molar-refractivity contribution in [1.29, 1.82) is 0 Å². The molecule has 2 heterocycles. The molecule has 1 fully saturated rings. The number of nitrogens with one attached hydrogen (secondary N) is 1. The van der Waals surface area contributed by atoms with Gasteiger partial charge in [-0.05, 0) is 75.2 Å². The van der Waals surface area contributed by atoms with Crippen molar-refractivity contribution in [2.75, 3.05) is 16.3 Å². The van der Waals surface area contributed by atoms with Crippen LogP contribution in [0, 0.1) is 0 Å². The van der Waals surface area contributed by atoms with Crippen molar-refractivity contribution < 1.29 is 14.4 Å². The van der Waals surface area contributed by atoms with Crippen LogP contribution in [0.25, 0.3) is 11.6 Å². The highest BCUT2D eigenvalue weighted by molar-refractivity contribution is 6.43. The van der Waals surface area contributed by atoms with Crippen molar-refractivity contribution in [3.63, 3.8) is 0 Å². The van der Waals surface area contributed by atoms with Gasteiger partial charge in [0.1, 0.15) is 5.57 Å². The first-order chi connectivity index (χ1) is 15.5. The molecule has 2 aromatic rings. The van der Waals surface area contributed by atoms with E-state index in [1.807, 2.05) is 25.1 Å². The van der Waals surface area contributed by atoms with E-state index in [4.69, 9.17) is 23.2 Å². The minimum Gasteiger partial charge on any atom is -0.363 e. The van der Waals surface area contributed by atoms with Gasteiger partial charge < -0.3 is 4.90 Å². The number of fused-ring (bicyclic) bond motifs is 1. The van der Waals surface area contributed by atoms with Gasteiger partial charge in [0, 0.05) is 17.8 Å². The third-order valence-electron chi connectivity index (χ3n) is 5.89. The van der Waals surface area contributed by atoms with Crippen LogP contribution in [0.4, 0.5) is 16.2 Å². The van der Waals surface area contributed by atoms with Gasteiger partial charge in [-0.3, -0.25) is 14.9 Å². The van der Waals surface area contributed by atoms with Crippen molar-refractivity contribution in [3.05, 3.63) is 69.2 Å². The lowest BCUT2D eigenvalue weighted by Gasteiger charge is -2.42. The molecule has 4 amide bonds. The highest BCUT2D eigenvalue weighted by atomic mass is 35.5. The van der Waals surface area contributed by atoms with Crippen LogP contribution in [0.1, 0.15) is 38.8 Å². The van der Waals surface area contributed by atoms with E-state index in [1.54, 1.807) is 0 Å². The summed E-state index contributed by atoms with van der Waals surface area (Å²) < 4.78 is 0. The maximum Gasteiger partial charge on any atom is 0.335 e. The van der Waals surface area contributed by atoms with E-state index in [0.29, 0.717) is 10.6 Å². The number of anilines is 2. The first-order valence-corrected chi connectivity index (χ1v) is 11.3. The highest BCUT2D eigenvalue weighted by Gasteiger charge is 2.37. The fourth-order valence-electron chi connectivity index (χ4n) is 4.45. The van der Waals surface area contributed by atoms with Crippen LogP contribution >= 0.6 is 23.2 Å². The minimum absolute atomic E-state index is 0.119. The molecule has 170 valence electrons. The Bertz CT molecular complexity index is 1260. The minimum atomic E-state index is -0.842. The molecule has 33 heavy (non-hydrogen) atoms. The second kappa shape index (κ2) is 8.36. The maximum atomic E-state index is 13.2. The zero-order chi connectivity index (χ0) is 24.1. The van der Waals surface area contributed by atoms with Gasteiger partial charge in [-0.15, -0.1) is 0 Å². The van der Waals surface area contributed by atoms with Gasteiger partial charge in [0.05, 0.1) is 21.3 Å². The topological polar surface area (TPSA) is 69.7 Å². The normalized spacial score (nSPS) is 18.9. The number of benzene rings is 2. The summed E-state index contributed by atoms with van der Waals surface area (Å²) in [6.07, 6.45) is 3.71. The Kier molecular flexibility index (Phi) is 5.85. The maximum absolute atomic E-state index is 13.2. The van der Waals surface area contributed by atoms with Crippen LogP contribution in [-0.4, -0.2) is 29.9 Å². The molecule has 4 rings (SSSR count). The SMILES string of the molecule is CCN1c2ccc(/C=C3/C(=O)NC(=O)N(c4ccc(Cl)c(Cl)c4)C3=O)cc2C(C)=CC1(C)C. The molecule has 0 radical (unpaired) electrons. The molecule has 2 aliphatic rings. The molecule has 1 N–H and O–H groups in total. The number of nitrogens with zero attached hydrogens (tertiary/aromatic N) is 2. The van der Waals surface area contributed by atoms with Crippen molar-refractivity contribution in [2.45, 2.75) is 33.2 Å². The lowest BCUT2D eigenvalue weighted by atomic mass is 9.88. The molecule has 2 aromatic carbocycles. The van der Waals surface area contributed by atoms with Crippen LogP contribution in [-0.2, 0) is 9.59 Å². The molecule has 0 bridgehead atoms. The Morgan fingerprint density at radius 3 is 2.42 bits per heavy atom. The summed E-state index contributed by atoms with van der Waals surface area (Å²) in [5.74, 6) is -1.48. The van der Waals surface area contributed by atoms with E-state index in [1.165, 1.54) is 24.3 Å². The van der Waals surface area contributed by atoms with Crippen LogP contribution in [0.5, 0.6) is 0 Å². The van der Waals surface area contributed by atoms with Crippen LogP contribution < -0.4 is 15.1 Å². The molecule has 8 heteroatoms. The number of halogens is 2. The molecule has 0 saturated carbocycles. The number of amides is 4. The number of carbonyl (C=O) groups is 3. The Morgan fingerprint density at radius 1 is 1.03 bits per heavy atom. The fourth-order valence-corrected chi connectivity index (χ4v) is 4.74. The van der Waals surface area contributed by atoms with Gasteiger partial charge in [0.2, 0.25) is 0 Å². The summed E-state index contributed by atoms with van der Waals surface area (Å²) >= 11 is 12.0. The number of urea groups is 1. The molecule has 0 aromatic heterocycles. The average Bonchev–Trinajstić information content (AvgIpc) is 2.73. The standard InChI is InChI=1S/C25H23Cl2N3O3/c1-5-29-21-9-6-15(10-17(21)14(2)13-25(29,3)4)11-18-22(31)28-24(33)30(23(18)32)16-7-8-19(26)20(27)12-16/h6-13H,5H2,1-4H3,(H,28,31,33)/b18-11-. The smallest absolute Gasteiger partial charge is 0.335 e. The molecule has 0 atom stereocenters. The van der Waals surface area contributed by atoms with Crippen molar-refractivity contribution in [3.8, 4) is 0 Å². The van der Waals surface area contributed by atoms with Gasteiger partial charge >= 0.3 is 6.03 Å². The Labute approximate surface area is 202 Å². The summed E-state index contributed by atoms with van der Waals surface area (Å²) in [5, 5.41) is 2.71. The van der Waals surface area contributed by atoms with Gasteiger partial charge in [-0.25, -0.2) is 9.69 Å². The summed E-state index contributed by atoms with van der Waals surface area (Å²) in [6, 6.07) is 9.35. The van der Waals surface area contributed by atoms with E-state index in [-0.39, 0.29) is 21.8 Å². The number of barbiturate groups is 1. The summed E-state index contributed by atoms with van der Waals surface area (Å²) in [6.45, 7) is 9.33. The Morgan fingerprint density at radius 2 is 1.76 bits per heavy atom. The monoisotopic (exact) mass is 483 g/mol. The molecular formula is C25H23Cl2N3O3. The van der Waals surface area contributed by atoms with E-state index >= 15 is 0 Å². The van der Waals surface area contributed by atoms with Crippen LogP contribution in [0.15, 0.2) is 48.0 Å². The van der Waals surface area contributed by atoms with E-state index in [2.05, 4.69) is 37.1 Å². The second-order valence-corrected chi connectivity index (χ2v) is 9.37. The quantitative estimate of drug-likeness (QED) is 0.450. The number of allylic oxidation sites excluding steroid dienone is 1. The highest BCUT2D eigenvalue weighted by Crippen LogP contribution is 2.39. The molecule has 0 aliphatic carbocycles. The first kappa shape index (κ1) is 23.1. The van der Waals surface area contributed by atoms with E-state index in [9.17, 15) is 14.4 Å². The average molecular weight is 484 g/mol. The number of hydrogen-bond donors (Lipinski definition) is 1. The van der Waals surface area contributed by atoms with Crippen molar-refractivity contribution in [2.24, 2.45) is 0 Å². The predicted molar refractivity (Wildman–Crippen MR) is 133 cm³/mol. The zero-order valence-corrected chi connectivity index (χ0v) is 20.2. The van der Waals surface area contributed by atoms with Gasteiger partial charge in [-0.2, -0.15) is 0 Å². The molecule has 0 unspecified atom stereocenters. The lowest BCUT2D eigenvalue weighted by Crippen LogP contribution is -2.54. The third-order valence-corrected chi connectivity index (χ3v) is 6.63. The van der Waals surface area contributed by atoms with Crippen LogP contribution in [0.3, 0.4) is 0 Å². The number of imide groups is 2. The molecule has 1 saturated heterocycles. The number of likely N-dealkylation sites (N-methyl/N-ethyl adjacent to an activating group) is 1. The molecule has 6 nitrogen and oxygen atoms in total. The summed E-state index contributed by atoms with van der Waals surface area (Å²) in [5.41, 5.74) is 3.88. The van der Waals surface area contributed by atoms with E-state index in [0.717, 1.165) is 28.3 Å². The Balaban J connectivity index is 1.75. The summed E-state index contributed by atoms with van der Waals surface area (Å²) in [7, 11) is 0. The number of carbonyl (C=O) groups excluding carboxylic acids is 3. The van der Waals surface area contributed by atoms with E-state index < -0.39 is 17.8 Å². The zero-order valence-electron chi connectivity index (χ0n) is 18.7. The molecule has 2 aliphatic heterocycles. The summed E-state index contributed by atoms with van der Waals surface area (Å²) in [4.78, 5) is 41.3. The first-order valence-electron chi connectivity index (χ1n) is 10.5.